The van der Waals surface area contributed by atoms with E-state index in [1.807, 2.05) is 0 Å². The highest BCUT2D eigenvalue weighted by Gasteiger charge is 2.16. The van der Waals surface area contributed by atoms with E-state index < -0.39 is 11.9 Å². The molecule has 1 aromatic heterocycles. The van der Waals surface area contributed by atoms with Gasteiger partial charge < -0.3 is 25.8 Å². The Balaban J connectivity index is 2.73. The Labute approximate surface area is 140 Å². The van der Waals surface area contributed by atoms with Crippen LogP contribution in [-0.4, -0.2) is 41.7 Å². The smallest absolute Gasteiger partial charge is 0.302 e. The molecular formula is C15H23N5O4. The molecule has 9 nitrogen and oxygen atoms in total. The lowest BCUT2D eigenvalue weighted by molar-refractivity contribution is -0.146. The number of hydrogen-bond donors (Lipinski definition) is 2. The minimum absolute atomic E-state index is 0.0995. The average Bonchev–Trinajstić information content (AvgIpc) is 2.52. The summed E-state index contributed by atoms with van der Waals surface area (Å²) in [5, 5.41) is 0. The molecule has 0 spiro atoms. The number of nitrogens with zero attached hydrogens (tertiary/aromatic N) is 3. The van der Waals surface area contributed by atoms with Crippen LogP contribution in [0, 0.1) is 5.92 Å². The summed E-state index contributed by atoms with van der Waals surface area (Å²) in [6, 6.07) is 0. The maximum absolute atomic E-state index is 11.0. The van der Waals surface area contributed by atoms with Crippen LogP contribution < -0.4 is 16.4 Å². The van der Waals surface area contributed by atoms with Gasteiger partial charge in [-0.25, -0.2) is 4.98 Å². The van der Waals surface area contributed by atoms with Crippen LogP contribution >= 0.6 is 0 Å². The van der Waals surface area contributed by atoms with Crippen molar-refractivity contribution in [3.05, 3.63) is 19.0 Å². The lowest BCUT2D eigenvalue weighted by Crippen LogP contribution is -2.27. The van der Waals surface area contributed by atoms with E-state index in [0.717, 1.165) is 0 Å². The van der Waals surface area contributed by atoms with Crippen LogP contribution in [0.1, 0.15) is 20.3 Å². The molecule has 0 atom stereocenters. The first-order valence-electron chi connectivity index (χ1n) is 7.37. The van der Waals surface area contributed by atoms with Crippen LogP contribution in [0.15, 0.2) is 19.0 Å². The Morgan fingerprint density at radius 1 is 1.29 bits per heavy atom. The number of nitrogens with two attached hydrogens (primary N) is 2. The van der Waals surface area contributed by atoms with Crippen molar-refractivity contribution in [3.63, 3.8) is 0 Å². The first kappa shape index (κ1) is 19.2. The van der Waals surface area contributed by atoms with Gasteiger partial charge in [0.15, 0.2) is 5.82 Å². The number of anilines is 3. The summed E-state index contributed by atoms with van der Waals surface area (Å²) in [4.78, 5) is 31.6. The number of carbonyl (C=O) groups excluding carboxylic acids is 2. The zero-order valence-corrected chi connectivity index (χ0v) is 13.9. The molecular weight excluding hydrogens is 314 g/mol. The van der Waals surface area contributed by atoms with Gasteiger partial charge in [-0.3, -0.25) is 9.59 Å². The van der Waals surface area contributed by atoms with Crippen molar-refractivity contribution in [3.8, 4) is 0 Å². The second-order valence-electron chi connectivity index (χ2n) is 5.14. The Morgan fingerprint density at radius 2 is 1.88 bits per heavy atom. The van der Waals surface area contributed by atoms with Crippen LogP contribution in [0.3, 0.4) is 0 Å². The second-order valence-corrected chi connectivity index (χ2v) is 5.14. The summed E-state index contributed by atoms with van der Waals surface area (Å²) in [6.07, 6.45) is 3.53. The maximum Gasteiger partial charge on any atom is 0.302 e. The third-order valence-corrected chi connectivity index (χ3v) is 3.13. The summed E-state index contributed by atoms with van der Waals surface area (Å²) in [5.41, 5.74) is 11.8. The lowest BCUT2D eigenvalue weighted by atomic mass is 10.1. The highest BCUT2D eigenvalue weighted by molar-refractivity contribution is 5.66. The second kappa shape index (κ2) is 9.33. The summed E-state index contributed by atoms with van der Waals surface area (Å²) in [7, 11) is 0. The molecule has 0 aliphatic heterocycles. The van der Waals surface area contributed by atoms with E-state index in [2.05, 4.69) is 16.5 Å². The molecule has 0 bridgehead atoms. The minimum Gasteiger partial charge on any atom is -0.465 e. The van der Waals surface area contributed by atoms with Crippen LogP contribution in [0.2, 0.25) is 0 Å². The summed E-state index contributed by atoms with van der Waals surface area (Å²) < 4.78 is 10.0. The summed E-state index contributed by atoms with van der Waals surface area (Å²) in [5.74, 6) is -0.410. The molecule has 0 saturated carbocycles. The van der Waals surface area contributed by atoms with Crippen molar-refractivity contribution < 1.29 is 19.1 Å². The van der Waals surface area contributed by atoms with E-state index >= 15 is 0 Å². The van der Waals surface area contributed by atoms with Crippen molar-refractivity contribution in [1.82, 2.24) is 9.97 Å². The van der Waals surface area contributed by atoms with Gasteiger partial charge in [-0.15, -0.1) is 0 Å². The number of esters is 2. The normalized spacial score (nSPS) is 10.3. The van der Waals surface area contributed by atoms with Gasteiger partial charge in [0, 0.05) is 26.3 Å². The largest absolute Gasteiger partial charge is 0.465 e. The highest BCUT2D eigenvalue weighted by Crippen LogP contribution is 2.21. The fourth-order valence-corrected chi connectivity index (χ4v) is 1.92. The van der Waals surface area contributed by atoms with Crippen LogP contribution in [0.25, 0.3) is 0 Å². The van der Waals surface area contributed by atoms with Gasteiger partial charge in [0.1, 0.15) is 0 Å². The van der Waals surface area contributed by atoms with Gasteiger partial charge in [0.2, 0.25) is 5.95 Å². The summed E-state index contributed by atoms with van der Waals surface area (Å²) >= 11 is 0. The SMILES string of the molecule is C=CN(CCC(COC(C)=O)COC(C)=O)c1nc(N)ncc1N. The highest BCUT2D eigenvalue weighted by atomic mass is 16.5. The number of nitrogen functional groups attached to an aromatic ring is 2. The molecule has 9 heteroatoms. The fourth-order valence-electron chi connectivity index (χ4n) is 1.92. The number of aromatic nitrogens is 2. The van der Waals surface area contributed by atoms with Crippen LogP contribution in [-0.2, 0) is 19.1 Å². The van der Waals surface area contributed by atoms with Gasteiger partial charge >= 0.3 is 11.9 Å². The van der Waals surface area contributed by atoms with Crippen molar-refractivity contribution in [2.75, 3.05) is 36.1 Å². The monoisotopic (exact) mass is 337 g/mol. The van der Waals surface area contributed by atoms with Gasteiger partial charge in [0.25, 0.3) is 0 Å². The van der Waals surface area contributed by atoms with Crippen molar-refractivity contribution >= 4 is 29.4 Å². The van der Waals surface area contributed by atoms with Crippen molar-refractivity contribution in [2.24, 2.45) is 5.92 Å². The van der Waals surface area contributed by atoms with E-state index in [1.165, 1.54) is 20.0 Å². The molecule has 24 heavy (non-hydrogen) atoms. The van der Waals surface area contributed by atoms with Crippen LogP contribution in [0.4, 0.5) is 17.5 Å². The first-order chi connectivity index (χ1) is 11.3. The molecule has 132 valence electrons. The average molecular weight is 337 g/mol. The van der Waals surface area contributed by atoms with E-state index in [4.69, 9.17) is 20.9 Å². The number of carbonyl (C=O) groups is 2. The Kier molecular flexibility index (Phi) is 7.47. The zero-order chi connectivity index (χ0) is 18.1. The van der Waals surface area contributed by atoms with E-state index in [0.29, 0.717) is 24.5 Å². The van der Waals surface area contributed by atoms with Crippen molar-refractivity contribution in [2.45, 2.75) is 20.3 Å². The lowest BCUT2D eigenvalue weighted by Gasteiger charge is -2.23. The Bertz CT molecular complexity index is 575. The number of rotatable bonds is 9. The molecule has 0 fully saturated rings. The van der Waals surface area contributed by atoms with E-state index in [9.17, 15) is 9.59 Å². The maximum atomic E-state index is 11.0. The zero-order valence-electron chi connectivity index (χ0n) is 13.9. The molecule has 4 N–H and O–H groups in total. The molecule has 0 radical (unpaired) electrons. The van der Waals surface area contributed by atoms with Crippen LogP contribution in [0.5, 0.6) is 0 Å². The summed E-state index contributed by atoms with van der Waals surface area (Å²) in [6.45, 7) is 7.14. The molecule has 1 aromatic rings. The Morgan fingerprint density at radius 3 is 2.38 bits per heavy atom. The molecule has 0 aromatic carbocycles. The van der Waals surface area contributed by atoms with Gasteiger partial charge in [-0.05, 0) is 12.6 Å². The topological polar surface area (TPSA) is 134 Å². The molecule has 0 aliphatic carbocycles. The predicted octanol–water partition coefficient (Wildman–Crippen LogP) is 0.723. The molecule has 1 rings (SSSR count). The first-order valence-corrected chi connectivity index (χ1v) is 7.37. The molecule has 0 amide bonds. The van der Waals surface area contributed by atoms with Crippen molar-refractivity contribution in [1.29, 1.82) is 0 Å². The number of hydrogen-bond acceptors (Lipinski definition) is 9. The third kappa shape index (κ3) is 6.51. The Hall–Kier alpha value is -2.84. The van der Waals surface area contributed by atoms with Gasteiger partial charge in [-0.2, -0.15) is 4.98 Å². The fraction of sp³-hybridized carbons (Fsp3) is 0.467. The van der Waals surface area contributed by atoms with Gasteiger partial charge in [0.05, 0.1) is 25.1 Å². The van der Waals surface area contributed by atoms with E-state index in [1.54, 1.807) is 11.1 Å². The standard InChI is InChI=1S/C15H23N5O4/c1-4-20(14-13(16)7-18-15(17)19-14)6-5-12(8-23-10(2)21)9-24-11(3)22/h4,7,12H,1,5-6,8-9,16H2,2-3H3,(H2,17,18,19). The minimum atomic E-state index is -0.392. The van der Waals surface area contributed by atoms with E-state index in [-0.39, 0.29) is 25.1 Å². The molecule has 1 heterocycles. The molecule has 0 unspecified atom stereocenters. The predicted molar refractivity (Wildman–Crippen MR) is 89.8 cm³/mol. The molecule has 0 saturated heterocycles. The van der Waals surface area contributed by atoms with Gasteiger partial charge in [-0.1, -0.05) is 6.58 Å². The third-order valence-electron chi connectivity index (χ3n) is 3.13. The molecule has 0 aliphatic rings. The quantitative estimate of drug-likeness (QED) is 0.625. The number of ether oxygens (including phenoxy) is 2.